The van der Waals surface area contributed by atoms with Crippen LogP contribution in [0, 0.1) is 6.92 Å². The largest absolute Gasteiger partial charge is 0.349 e. The fraction of sp³-hybridized carbons (Fsp3) is 0.438. The second-order valence-corrected chi connectivity index (χ2v) is 6.00. The maximum Gasteiger partial charge on any atom is 0.270 e. The lowest BCUT2D eigenvalue weighted by atomic mass is 9.92. The molecule has 7 heteroatoms. The van der Waals surface area contributed by atoms with Crippen LogP contribution in [0.5, 0.6) is 0 Å². The van der Waals surface area contributed by atoms with E-state index in [1.54, 1.807) is 12.3 Å². The minimum absolute atomic E-state index is 0. The molecule has 2 heterocycles. The number of aromatic nitrogens is 2. The summed E-state index contributed by atoms with van der Waals surface area (Å²) in [4.78, 5) is 29.0. The lowest BCUT2D eigenvalue weighted by Gasteiger charge is -2.26. The molecule has 0 atom stereocenters. The van der Waals surface area contributed by atoms with E-state index in [0.717, 1.165) is 31.2 Å². The molecule has 1 fully saturated rings. The van der Waals surface area contributed by atoms with Crippen LogP contribution < -0.4 is 16.6 Å². The van der Waals surface area contributed by atoms with Gasteiger partial charge in [0.15, 0.2) is 0 Å². The fourth-order valence-corrected chi connectivity index (χ4v) is 2.87. The summed E-state index contributed by atoms with van der Waals surface area (Å²) in [5, 5.41) is 2.93. The summed E-state index contributed by atoms with van der Waals surface area (Å²) < 4.78 is 1.42. The van der Waals surface area contributed by atoms with Crippen LogP contribution >= 0.6 is 12.4 Å². The van der Waals surface area contributed by atoms with Crippen molar-refractivity contribution >= 4 is 24.0 Å². The average Bonchev–Trinajstić information content (AvgIpc) is 2.50. The van der Waals surface area contributed by atoms with Crippen LogP contribution in [-0.2, 0) is 0 Å². The van der Waals surface area contributed by atoms with Crippen molar-refractivity contribution in [2.24, 2.45) is 5.73 Å². The van der Waals surface area contributed by atoms with Gasteiger partial charge in [0.2, 0.25) is 0 Å². The van der Waals surface area contributed by atoms with Crippen LogP contribution in [0.3, 0.4) is 0 Å². The average molecular weight is 337 g/mol. The molecule has 0 spiro atoms. The highest BCUT2D eigenvalue weighted by Gasteiger charge is 2.22. The molecular weight excluding hydrogens is 316 g/mol. The third-order valence-corrected chi connectivity index (χ3v) is 4.20. The van der Waals surface area contributed by atoms with Crippen LogP contribution in [0.25, 0.3) is 5.65 Å². The fourth-order valence-electron chi connectivity index (χ4n) is 2.87. The Morgan fingerprint density at radius 2 is 2.00 bits per heavy atom. The molecule has 124 valence electrons. The van der Waals surface area contributed by atoms with Gasteiger partial charge in [0.25, 0.3) is 11.5 Å². The number of pyridine rings is 1. The number of nitrogens with zero attached hydrogens (tertiary/aromatic N) is 2. The zero-order valence-corrected chi connectivity index (χ0v) is 13.8. The van der Waals surface area contributed by atoms with Crippen molar-refractivity contribution < 1.29 is 4.79 Å². The second kappa shape index (κ2) is 7.10. The highest BCUT2D eigenvalue weighted by atomic mass is 35.5. The third-order valence-electron chi connectivity index (χ3n) is 4.20. The van der Waals surface area contributed by atoms with Crippen molar-refractivity contribution in [1.82, 2.24) is 14.7 Å². The molecule has 0 radical (unpaired) electrons. The van der Waals surface area contributed by atoms with E-state index in [-0.39, 0.29) is 41.5 Å². The van der Waals surface area contributed by atoms with E-state index in [1.165, 1.54) is 10.6 Å². The Bertz CT molecular complexity index is 766. The second-order valence-electron chi connectivity index (χ2n) is 6.00. The van der Waals surface area contributed by atoms with E-state index in [4.69, 9.17) is 5.73 Å². The summed E-state index contributed by atoms with van der Waals surface area (Å²) in [6, 6.07) is 3.96. The Hall–Kier alpha value is -1.92. The van der Waals surface area contributed by atoms with Gasteiger partial charge in [-0.15, -0.1) is 12.4 Å². The zero-order chi connectivity index (χ0) is 15.7. The number of rotatable bonds is 2. The van der Waals surface area contributed by atoms with Crippen molar-refractivity contribution in [2.75, 3.05) is 0 Å². The SMILES string of the molecule is Cc1ccc2ncc(C(=O)NC3CCC(N)CC3)c(=O)n2c1.Cl. The van der Waals surface area contributed by atoms with Crippen LogP contribution in [0.1, 0.15) is 41.6 Å². The highest BCUT2D eigenvalue weighted by Crippen LogP contribution is 2.17. The number of hydrogen-bond acceptors (Lipinski definition) is 4. The summed E-state index contributed by atoms with van der Waals surface area (Å²) in [6.07, 6.45) is 6.57. The molecule has 0 unspecified atom stereocenters. The summed E-state index contributed by atoms with van der Waals surface area (Å²) in [5.41, 5.74) is 7.09. The van der Waals surface area contributed by atoms with Crippen molar-refractivity contribution in [3.8, 4) is 0 Å². The Labute approximate surface area is 140 Å². The van der Waals surface area contributed by atoms with Gasteiger partial charge in [-0.3, -0.25) is 14.0 Å². The molecule has 2 aromatic rings. The van der Waals surface area contributed by atoms with Gasteiger partial charge in [-0.25, -0.2) is 4.98 Å². The van der Waals surface area contributed by atoms with E-state index < -0.39 is 0 Å². The minimum atomic E-state index is -0.353. The van der Waals surface area contributed by atoms with Gasteiger partial charge in [-0.2, -0.15) is 0 Å². The van der Waals surface area contributed by atoms with Crippen LogP contribution in [0.2, 0.25) is 0 Å². The quantitative estimate of drug-likeness (QED) is 0.868. The van der Waals surface area contributed by atoms with Gasteiger partial charge in [0, 0.05) is 24.5 Å². The predicted molar refractivity (Wildman–Crippen MR) is 91.1 cm³/mol. The first kappa shape index (κ1) is 17.4. The number of amides is 1. The van der Waals surface area contributed by atoms with Gasteiger partial charge in [0.1, 0.15) is 11.2 Å². The van der Waals surface area contributed by atoms with Crippen LogP contribution in [-0.4, -0.2) is 27.4 Å². The maximum atomic E-state index is 12.5. The molecule has 1 saturated carbocycles. The third kappa shape index (κ3) is 3.71. The number of fused-ring (bicyclic) bond motifs is 1. The highest BCUT2D eigenvalue weighted by molar-refractivity contribution is 5.93. The van der Waals surface area contributed by atoms with E-state index >= 15 is 0 Å². The van der Waals surface area contributed by atoms with Crippen molar-refractivity contribution in [1.29, 1.82) is 0 Å². The van der Waals surface area contributed by atoms with Gasteiger partial charge in [0.05, 0.1) is 0 Å². The molecule has 1 aliphatic rings. The van der Waals surface area contributed by atoms with Gasteiger partial charge >= 0.3 is 0 Å². The van der Waals surface area contributed by atoms with Crippen LogP contribution in [0.15, 0.2) is 29.3 Å². The molecule has 6 nitrogen and oxygen atoms in total. The van der Waals surface area contributed by atoms with Crippen molar-refractivity contribution in [3.63, 3.8) is 0 Å². The van der Waals surface area contributed by atoms with Gasteiger partial charge in [-0.05, 0) is 44.2 Å². The molecule has 3 N–H and O–H groups in total. The standard InChI is InChI=1S/C16H20N4O2.ClH/c1-10-2-7-14-18-8-13(16(22)20(14)9-10)15(21)19-12-5-3-11(17)4-6-12;/h2,7-9,11-12H,3-6,17H2,1H3,(H,19,21);1H. The van der Waals surface area contributed by atoms with E-state index in [1.807, 2.05) is 13.0 Å². The Kier molecular flexibility index (Phi) is 5.38. The number of nitrogens with one attached hydrogen (secondary N) is 1. The molecule has 0 aliphatic heterocycles. The number of carbonyl (C=O) groups excluding carboxylic acids is 1. The first-order chi connectivity index (χ1) is 10.5. The molecule has 0 bridgehead atoms. The number of halogens is 1. The van der Waals surface area contributed by atoms with Gasteiger partial charge in [-0.1, -0.05) is 6.07 Å². The molecule has 3 rings (SSSR count). The van der Waals surface area contributed by atoms with Crippen molar-refractivity contribution in [3.05, 3.63) is 46.0 Å². The molecule has 1 amide bonds. The first-order valence-corrected chi connectivity index (χ1v) is 7.59. The first-order valence-electron chi connectivity index (χ1n) is 7.59. The number of nitrogens with two attached hydrogens (primary N) is 1. The van der Waals surface area contributed by atoms with E-state index in [0.29, 0.717) is 5.65 Å². The minimum Gasteiger partial charge on any atom is -0.349 e. The molecule has 2 aromatic heterocycles. The number of carbonyl (C=O) groups is 1. The molecule has 1 aliphatic carbocycles. The van der Waals surface area contributed by atoms with E-state index in [2.05, 4.69) is 10.3 Å². The Morgan fingerprint density at radius 3 is 2.70 bits per heavy atom. The monoisotopic (exact) mass is 336 g/mol. The Balaban J connectivity index is 0.00000192. The summed E-state index contributed by atoms with van der Waals surface area (Å²) in [7, 11) is 0. The molecule has 0 aromatic carbocycles. The topological polar surface area (TPSA) is 89.5 Å². The lowest BCUT2D eigenvalue weighted by molar-refractivity contribution is 0.0924. The number of hydrogen-bond donors (Lipinski definition) is 2. The summed E-state index contributed by atoms with van der Waals surface area (Å²) in [5.74, 6) is -0.353. The lowest BCUT2D eigenvalue weighted by Crippen LogP contribution is -2.42. The summed E-state index contributed by atoms with van der Waals surface area (Å²) in [6.45, 7) is 1.89. The number of aryl methyl sites for hydroxylation is 1. The van der Waals surface area contributed by atoms with E-state index in [9.17, 15) is 9.59 Å². The Morgan fingerprint density at radius 1 is 1.30 bits per heavy atom. The predicted octanol–water partition coefficient (Wildman–Crippen LogP) is 1.42. The zero-order valence-electron chi connectivity index (χ0n) is 13.0. The van der Waals surface area contributed by atoms with Crippen molar-refractivity contribution in [2.45, 2.75) is 44.7 Å². The smallest absolute Gasteiger partial charge is 0.270 e. The van der Waals surface area contributed by atoms with Crippen LogP contribution in [0.4, 0.5) is 0 Å². The molecule has 0 saturated heterocycles. The molecule has 23 heavy (non-hydrogen) atoms. The maximum absolute atomic E-state index is 12.5. The molecular formula is C16H21ClN4O2. The summed E-state index contributed by atoms with van der Waals surface area (Å²) >= 11 is 0. The normalized spacial score (nSPS) is 20.8. The van der Waals surface area contributed by atoms with Gasteiger partial charge < -0.3 is 11.1 Å².